The molecule has 0 heterocycles. The summed E-state index contributed by atoms with van der Waals surface area (Å²) in [4.78, 5) is 11.9. The second-order valence-corrected chi connectivity index (χ2v) is 4.63. The van der Waals surface area contributed by atoms with Gasteiger partial charge in [0.2, 0.25) is 0 Å². The zero-order valence-corrected chi connectivity index (χ0v) is 11.7. The summed E-state index contributed by atoms with van der Waals surface area (Å²) in [5.74, 6) is -0.0122. The van der Waals surface area contributed by atoms with Crippen LogP contribution in [0.2, 0.25) is 0 Å². The van der Waals surface area contributed by atoms with E-state index in [1.54, 1.807) is 0 Å². The molecule has 0 saturated heterocycles. The highest BCUT2D eigenvalue weighted by atomic mass is 16.1. The van der Waals surface area contributed by atoms with Crippen molar-refractivity contribution in [1.29, 1.82) is 0 Å². The predicted molar refractivity (Wildman–Crippen MR) is 84.4 cm³/mol. The van der Waals surface area contributed by atoms with Crippen LogP contribution in [0.5, 0.6) is 0 Å². The zero-order valence-electron chi connectivity index (χ0n) is 11.7. The molecule has 2 heteroatoms. The average molecular weight is 265 g/mol. The maximum atomic E-state index is 11.9. The Morgan fingerprint density at radius 1 is 1.00 bits per heavy atom. The van der Waals surface area contributed by atoms with Crippen LogP contribution < -0.4 is 5.32 Å². The van der Waals surface area contributed by atoms with Gasteiger partial charge in [-0.25, -0.2) is 0 Å². The van der Waals surface area contributed by atoms with Crippen molar-refractivity contribution in [3.8, 4) is 0 Å². The number of benzene rings is 2. The number of carbonyl (C=O) groups excluding carboxylic acids is 1. The van der Waals surface area contributed by atoms with E-state index in [1.165, 1.54) is 0 Å². The molecular formula is C18H19NO. The second-order valence-electron chi connectivity index (χ2n) is 4.63. The maximum Gasteiger partial charge on any atom is 0.251 e. The van der Waals surface area contributed by atoms with Crippen LogP contribution in [0.25, 0.3) is 12.2 Å². The van der Waals surface area contributed by atoms with E-state index < -0.39 is 0 Å². The highest BCUT2D eigenvalue weighted by Crippen LogP contribution is 2.10. The Bertz CT molecular complexity index is 587. The Morgan fingerprint density at radius 2 is 1.70 bits per heavy atom. The van der Waals surface area contributed by atoms with Crippen molar-refractivity contribution in [3.63, 3.8) is 0 Å². The molecule has 0 aliphatic heterocycles. The third kappa shape index (κ3) is 4.09. The molecule has 0 aromatic heterocycles. The lowest BCUT2D eigenvalue weighted by Crippen LogP contribution is -2.23. The average Bonchev–Trinajstić information content (AvgIpc) is 2.52. The van der Waals surface area contributed by atoms with Gasteiger partial charge in [-0.1, -0.05) is 61.5 Å². The van der Waals surface area contributed by atoms with Crippen LogP contribution in [0, 0.1) is 0 Å². The first-order valence-electron chi connectivity index (χ1n) is 6.91. The van der Waals surface area contributed by atoms with Crippen LogP contribution in [-0.2, 0) is 0 Å². The van der Waals surface area contributed by atoms with Crippen LogP contribution >= 0.6 is 0 Å². The summed E-state index contributed by atoms with van der Waals surface area (Å²) in [6.07, 6.45) is 5.01. The molecule has 0 spiro atoms. The molecule has 1 N–H and O–H groups in total. The van der Waals surface area contributed by atoms with Crippen LogP contribution in [0.1, 0.15) is 34.8 Å². The first-order chi connectivity index (χ1) is 9.79. The van der Waals surface area contributed by atoms with E-state index in [0.717, 1.165) is 17.5 Å². The van der Waals surface area contributed by atoms with Gasteiger partial charge < -0.3 is 5.32 Å². The minimum atomic E-state index is -0.0122. The molecule has 1 amide bonds. The van der Waals surface area contributed by atoms with E-state index in [-0.39, 0.29) is 5.91 Å². The third-order valence-corrected chi connectivity index (χ3v) is 2.95. The molecule has 0 fully saturated rings. The monoisotopic (exact) mass is 265 g/mol. The first kappa shape index (κ1) is 14.1. The summed E-state index contributed by atoms with van der Waals surface area (Å²) >= 11 is 0. The summed E-state index contributed by atoms with van der Waals surface area (Å²) in [5, 5.41) is 2.89. The van der Waals surface area contributed by atoms with Crippen molar-refractivity contribution in [2.24, 2.45) is 0 Å². The van der Waals surface area contributed by atoms with Gasteiger partial charge in [-0.2, -0.15) is 0 Å². The molecule has 20 heavy (non-hydrogen) atoms. The van der Waals surface area contributed by atoms with Gasteiger partial charge in [0.1, 0.15) is 0 Å². The number of carbonyl (C=O) groups is 1. The Balaban J connectivity index is 2.10. The molecule has 0 aliphatic carbocycles. The molecular weight excluding hydrogens is 246 g/mol. The lowest BCUT2D eigenvalue weighted by Gasteiger charge is -2.04. The van der Waals surface area contributed by atoms with Crippen molar-refractivity contribution in [1.82, 2.24) is 5.32 Å². The minimum Gasteiger partial charge on any atom is -0.352 e. The fraction of sp³-hybridized carbons (Fsp3) is 0.167. The van der Waals surface area contributed by atoms with E-state index in [9.17, 15) is 4.79 Å². The van der Waals surface area contributed by atoms with Crippen molar-refractivity contribution in [3.05, 3.63) is 71.3 Å². The summed E-state index contributed by atoms with van der Waals surface area (Å²) in [6.45, 7) is 2.75. The SMILES string of the molecule is CCCNC(=O)c1cccc(C=Cc2ccccc2)c1. The van der Waals surface area contributed by atoms with Gasteiger partial charge in [0.15, 0.2) is 0 Å². The van der Waals surface area contributed by atoms with Crippen LogP contribution in [-0.4, -0.2) is 12.5 Å². The highest BCUT2D eigenvalue weighted by molar-refractivity contribution is 5.94. The lowest BCUT2D eigenvalue weighted by atomic mass is 10.1. The number of nitrogens with one attached hydrogen (secondary N) is 1. The van der Waals surface area contributed by atoms with E-state index in [0.29, 0.717) is 12.1 Å². The van der Waals surface area contributed by atoms with Crippen molar-refractivity contribution in [2.45, 2.75) is 13.3 Å². The lowest BCUT2D eigenvalue weighted by molar-refractivity contribution is 0.0953. The number of amides is 1. The molecule has 0 atom stereocenters. The highest BCUT2D eigenvalue weighted by Gasteiger charge is 2.03. The largest absolute Gasteiger partial charge is 0.352 e. The molecule has 2 aromatic rings. The molecule has 0 aliphatic rings. The Hall–Kier alpha value is -2.35. The molecule has 2 rings (SSSR count). The van der Waals surface area contributed by atoms with Crippen molar-refractivity contribution >= 4 is 18.1 Å². The fourth-order valence-electron chi connectivity index (χ4n) is 1.88. The van der Waals surface area contributed by atoms with E-state index in [2.05, 4.69) is 5.32 Å². The zero-order chi connectivity index (χ0) is 14.2. The summed E-state index contributed by atoms with van der Waals surface area (Å²) in [6, 6.07) is 17.8. The molecule has 2 aromatic carbocycles. The minimum absolute atomic E-state index is 0.0122. The standard InChI is InChI=1S/C18H19NO/c1-2-13-19-18(20)17-10-6-9-16(14-17)12-11-15-7-4-3-5-8-15/h3-12,14H,2,13H2,1H3,(H,19,20). The normalized spacial score (nSPS) is 10.7. The van der Waals surface area contributed by atoms with Crippen LogP contribution in [0.4, 0.5) is 0 Å². The van der Waals surface area contributed by atoms with Gasteiger partial charge in [-0.05, 0) is 29.7 Å². The maximum absolute atomic E-state index is 11.9. The summed E-state index contributed by atoms with van der Waals surface area (Å²) < 4.78 is 0. The van der Waals surface area contributed by atoms with Crippen LogP contribution in [0.3, 0.4) is 0 Å². The molecule has 2 nitrogen and oxygen atoms in total. The van der Waals surface area contributed by atoms with Gasteiger partial charge in [-0.3, -0.25) is 4.79 Å². The molecule has 0 bridgehead atoms. The fourth-order valence-corrected chi connectivity index (χ4v) is 1.88. The van der Waals surface area contributed by atoms with Crippen molar-refractivity contribution in [2.75, 3.05) is 6.54 Å². The van der Waals surface area contributed by atoms with Gasteiger partial charge in [0, 0.05) is 12.1 Å². The number of hydrogen-bond acceptors (Lipinski definition) is 1. The van der Waals surface area contributed by atoms with Crippen molar-refractivity contribution < 1.29 is 4.79 Å². The van der Waals surface area contributed by atoms with Gasteiger partial charge in [0.25, 0.3) is 5.91 Å². The summed E-state index contributed by atoms with van der Waals surface area (Å²) in [7, 11) is 0. The first-order valence-corrected chi connectivity index (χ1v) is 6.91. The van der Waals surface area contributed by atoms with Crippen LogP contribution in [0.15, 0.2) is 54.6 Å². The Labute approximate surface area is 120 Å². The molecule has 0 unspecified atom stereocenters. The second kappa shape index (κ2) is 7.29. The van der Waals surface area contributed by atoms with Gasteiger partial charge >= 0.3 is 0 Å². The predicted octanol–water partition coefficient (Wildman–Crippen LogP) is 4.00. The molecule has 0 saturated carbocycles. The van der Waals surface area contributed by atoms with Gasteiger partial charge in [-0.15, -0.1) is 0 Å². The Kier molecular flexibility index (Phi) is 5.13. The third-order valence-electron chi connectivity index (χ3n) is 2.95. The van der Waals surface area contributed by atoms with E-state index >= 15 is 0 Å². The number of rotatable bonds is 5. The topological polar surface area (TPSA) is 29.1 Å². The van der Waals surface area contributed by atoms with E-state index in [4.69, 9.17) is 0 Å². The Morgan fingerprint density at radius 3 is 2.45 bits per heavy atom. The van der Waals surface area contributed by atoms with Gasteiger partial charge in [0.05, 0.1) is 0 Å². The summed E-state index contributed by atoms with van der Waals surface area (Å²) in [5.41, 5.74) is 2.88. The quantitative estimate of drug-likeness (QED) is 0.813. The molecule has 102 valence electrons. The number of hydrogen-bond donors (Lipinski definition) is 1. The smallest absolute Gasteiger partial charge is 0.251 e. The van der Waals surface area contributed by atoms with E-state index in [1.807, 2.05) is 73.7 Å². The molecule has 0 radical (unpaired) electrons.